The topological polar surface area (TPSA) is 124 Å². The van der Waals surface area contributed by atoms with E-state index in [4.69, 9.17) is 10.2 Å². The van der Waals surface area contributed by atoms with Gasteiger partial charge in [0.15, 0.2) is 5.92 Å². The van der Waals surface area contributed by atoms with Gasteiger partial charge in [0, 0.05) is 5.41 Å². The molecule has 2 aromatic carbocycles. The van der Waals surface area contributed by atoms with Gasteiger partial charge in [-0.05, 0) is 30.5 Å². The third kappa shape index (κ3) is 6.01. The van der Waals surface area contributed by atoms with Gasteiger partial charge in [0.1, 0.15) is 5.92 Å². The monoisotopic (exact) mass is 468 g/mol. The van der Waals surface area contributed by atoms with Crippen LogP contribution in [0.1, 0.15) is 52.0 Å². The first-order valence-corrected chi connectivity index (χ1v) is 11.4. The lowest BCUT2D eigenvalue weighted by molar-refractivity contribution is -0.158. The fraction of sp³-hybridized carbons (Fsp3) is 0.385. The SMILES string of the molecule is CCC(C)(c1ccccc1)C(C(=O)O)C(=O)O.CCCCC1C(=O)NN(c2ccccc2)C1=O. The third-order valence-electron chi connectivity index (χ3n) is 6.22. The van der Waals surface area contributed by atoms with Crippen LogP contribution in [0.4, 0.5) is 5.69 Å². The molecule has 8 heteroatoms. The Morgan fingerprint density at radius 2 is 1.50 bits per heavy atom. The van der Waals surface area contributed by atoms with Gasteiger partial charge in [0.25, 0.3) is 11.8 Å². The molecule has 2 amide bonds. The summed E-state index contributed by atoms with van der Waals surface area (Å²) in [6.07, 6.45) is 2.96. The number of rotatable bonds is 9. The lowest BCUT2D eigenvalue weighted by Gasteiger charge is -2.32. The van der Waals surface area contributed by atoms with Crippen molar-refractivity contribution in [2.75, 3.05) is 5.01 Å². The minimum absolute atomic E-state index is 0.144. The van der Waals surface area contributed by atoms with Gasteiger partial charge < -0.3 is 10.2 Å². The lowest BCUT2D eigenvalue weighted by atomic mass is 9.70. The van der Waals surface area contributed by atoms with E-state index < -0.39 is 29.2 Å². The maximum Gasteiger partial charge on any atom is 0.318 e. The number of amides is 2. The fourth-order valence-electron chi connectivity index (χ4n) is 3.99. The zero-order valence-corrected chi connectivity index (χ0v) is 19.7. The molecule has 3 rings (SSSR count). The van der Waals surface area contributed by atoms with Crippen molar-refractivity contribution >= 4 is 29.4 Å². The Kier molecular flexibility index (Phi) is 9.36. The van der Waals surface area contributed by atoms with E-state index in [1.54, 1.807) is 50.2 Å². The van der Waals surface area contributed by atoms with E-state index in [1.165, 1.54) is 5.01 Å². The molecule has 1 aliphatic heterocycles. The van der Waals surface area contributed by atoms with Gasteiger partial charge in [0.05, 0.1) is 5.69 Å². The predicted molar refractivity (Wildman–Crippen MR) is 128 cm³/mol. The van der Waals surface area contributed by atoms with E-state index in [1.807, 2.05) is 31.2 Å². The predicted octanol–water partition coefficient (Wildman–Crippen LogP) is 4.01. The highest BCUT2D eigenvalue weighted by Gasteiger charge is 2.44. The van der Waals surface area contributed by atoms with Crippen LogP contribution in [0, 0.1) is 11.8 Å². The lowest BCUT2D eigenvalue weighted by Crippen LogP contribution is -2.42. The molecule has 0 spiro atoms. The van der Waals surface area contributed by atoms with Gasteiger partial charge >= 0.3 is 11.9 Å². The first-order chi connectivity index (χ1) is 16.2. The fourth-order valence-corrected chi connectivity index (χ4v) is 3.99. The molecule has 0 saturated carbocycles. The Labute approximate surface area is 199 Å². The van der Waals surface area contributed by atoms with Gasteiger partial charge in [-0.15, -0.1) is 0 Å². The number of nitrogens with one attached hydrogen (secondary N) is 1. The maximum atomic E-state index is 12.1. The number of anilines is 1. The summed E-state index contributed by atoms with van der Waals surface area (Å²) in [5, 5.41) is 19.5. The number of carboxylic acid groups (broad SMARTS) is 2. The second kappa shape index (κ2) is 12.0. The van der Waals surface area contributed by atoms with Crippen LogP contribution in [0.5, 0.6) is 0 Å². The molecule has 8 nitrogen and oxygen atoms in total. The van der Waals surface area contributed by atoms with E-state index in [0.29, 0.717) is 18.5 Å². The minimum atomic E-state index is -1.44. The molecule has 1 fully saturated rings. The Bertz CT molecular complexity index is 981. The number of carbonyl (C=O) groups excluding carboxylic acids is 2. The quantitative estimate of drug-likeness (QED) is 0.478. The largest absolute Gasteiger partial charge is 0.481 e. The molecule has 3 N–H and O–H groups in total. The van der Waals surface area contributed by atoms with Crippen molar-refractivity contribution in [1.82, 2.24) is 5.43 Å². The molecule has 0 radical (unpaired) electrons. The van der Waals surface area contributed by atoms with Gasteiger partial charge in [-0.25, -0.2) is 5.01 Å². The molecule has 182 valence electrons. The number of carbonyl (C=O) groups is 4. The van der Waals surface area contributed by atoms with Crippen LogP contribution < -0.4 is 10.4 Å². The summed E-state index contributed by atoms with van der Waals surface area (Å²) in [5.74, 6) is -4.89. The second-order valence-electron chi connectivity index (χ2n) is 8.43. The molecule has 1 heterocycles. The zero-order chi connectivity index (χ0) is 25.3. The number of para-hydroxylation sites is 1. The van der Waals surface area contributed by atoms with Crippen molar-refractivity contribution in [3.63, 3.8) is 0 Å². The molecular weight excluding hydrogens is 436 g/mol. The van der Waals surface area contributed by atoms with Crippen LogP contribution in [0.3, 0.4) is 0 Å². The van der Waals surface area contributed by atoms with Crippen molar-refractivity contribution < 1.29 is 29.4 Å². The molecular formula is C26H32N2O6. The smallest absolute Gasteiger partial charge is 0.318 e. The summed E-state index contributed by atoms with van der Waals surface area (Å²) in [4.78, 5) is 46.0. The summed E-state index contributed by atoms with van der Waals surface area (Å²) in [6, 6.07) is 18.1. The van der Waals surface area contributed by atoms with Crippen molar-refractivity contribution in [2.45, 2.75) is 51.9 Å². The van der Waals surface area contributed by atoms with Gasteiger partial charge in [-0.2, -0.15) is 0 Å². The van der Waals surface area contributed by atoms with Crippen LogP contribution >= 0.6 is 0 Å². The maximum absolute atomic E-state index is 12.1. The van der Waals surface area contributed by atoms with Crippen molar-refractivity contribution in [1.29, 1.82) is 0 Å². The third-order valence-corrected chi connectivity index (χ3v) is 6.22. The van der Waals surface area contributed by atoms with Crippen LogP contribution in [0.15, 0.2) is 60.7 Å². The van der Waals surface area contributed by atoms with Crippen LogP contribution in [0.25, 0.3) is 0 Å². The van der Waals surface area contributed by atoms with E-state index >= 15 is 0 Å². The highest BCUT2D eigenvalue weighted by molar-refractivity contribution is 6.14. The molecule has 1 aliphatic rings. The molecule has 2 atom stereocenters. The molecule has 1 saturated heterocycles. The Morgan fingerprint density at radius 3 is 1.97 bits per heavy atom. The Balaban J connectivity index is 0.000000240. The number of carboxylic acids is 2. The Hall–Kier alpha value is -3.68. The van der Waals surface area contributed by atoms with E-state index in [0.717, 1.165) is 18.4 Å². The number of benzene rings is 2. The molecule has 2 unspecified atom stereocenters. The summed E-state index contributed by atoms with van der Waals surface area (Å²) in [7, 11) is 0. The number of hydrogen-bond donors (Lipinski definition) is 3. The van der Waals surface area contributed by atoms with Crippen molar-refractivity contribution in [3.05, 3.63) is 66.2 Å². The highest BCUT2D eigenvalue weighted by Crippen LogP contribution is 2.36. The summed E-state index contributed by atoms with van der Waals surface area (Å²) in [5.41, 5.74) is 3.17. The number of hydrazine groups is 1. The number of hydrogen-bond acceptors (Lipinski definition) is 4. The Morgan fingerprint density at radius 1 is 0.971 bits per heavy atom. The first kappa shape index (κ1) is 26.6. The standard InChI is InChI=1S/C13H16N2O2.C13H16O4/c1-2-3-9-11-12(16)14-15(13(11)17)10-7-5-4-6-8-10;1-3-13(2,9-7-5-4-6-8-9)10(11(14)15)12(16)17/h4-8,11H,2-3,9H2,1H3,(H,14,16);4-8,10H,3H2,1-2H3,(H,14,15)(H,16,17). The molecule has 0 aliphatic carbocycles. The van der Waals surface area contributed by atoms with Gasteiger partial charge in [0.2, 0.25) is 0 Å². The highest BCUT2D eigenvalue weighted by atomic mass is 16.4. The number of aliphatic carboxylic acids is 2. The second-order valence-corrected chi connectivity index (χ2v) is 8.43. The number of nitrogens with zero attached hydrogens (tertiary/aromatic N) is 1. The van der Waals surface area contributed by atoms with Gasteiger partial charge in [-0.3, -0.25) is 24.6 Å². The average Bonchev–Trinajstić information content (AvgIpc) is 3.11. The van der Waals surface area contributed by atoms with Crippen LogP contribution in [0.2, 0.25) is 0 Å². The number of unbranched alkanes of at least 4 members (excludes halogenated alkanes) is 1. The molecule has 34 heavy (non-hydrogen) atoms. The van der Waals surface area contributed by atoms with Crippen molar-refractivity contribution in [3.8, 4) is 0 Å². The summed E-state index contributed by atoms with van der Waals surface area (Å²) >= 11 is 0. The normalized spacial score (nSPS) is 16.9. The van der Waals surface area contributed by atoms with Crippen LogP contribution in [-0.2, 0) is 24.6 Å². The van der Waals surface area contributed by atoms with E-state index in [2.05, 4.69) is 5.43 Å². The van der Waals surface area contributed by atoms with Gasteiger partial charge in [-0.1, -0.05) is 82.1 Å². The first-order valence-electron chi connectivity index (χ1n) is 11.4. The van der Waals surface area contributed by atoms with Crippen LogP contribution in [-0.4, -0.2) is 34.0 Å². The molecule has 2 aromatic rings. The van der Waals surface area contributed by atoms with Crippen molar-refractivity contribution in [2.24, 2.45) is 11.8 Å². The van der Waals surface area contributed by atoms with E-state index in [9.17, 15) is 19.2 Å². The summed E-state index contributed by atoms with van der Waals surface area (Å²) in [6.45, 7) is 5.52. The average molecular weight is 469 g/mol. The minimum Gasteiger partial charge on any atom is -0.481 e. The summed E-state index contributed by atoms with van der Waals surface area (Å²) < 4.78 is 0. The molecule has 0 aromatic heterocycles. The van der Waals surface area contributed by atoms with E-state index in [-0.39, 0.29) is 11.8 Å². The molecule has 0 bridgehead atoms. The zero-order valence-electron chi connectivity index (χ0n) is 19.7.